The zero-order valence-electron chi connectivity index (χ0n) is 22.5. The van der Waals surface area contributed by atoms with Crippen molar-refractivity contribution >= 4 is 17.4 Å². The van der Waals surface area contributed by atoms with Gasteiger partial charge in [0.1, 0.15) is 12.0 Å². The number of anilines is 1. The van der Waals surface area contributed by atoms with Gasteiger partial charge in [-0.3, -0.25) is 9.79 Å². The molecular weight excluding hydrogens is 549 g/mol. The van der Waals surface area contributed by atoms with Crippen molar-refractivity contribution in [3.8, 4) is 0 Å². The Kier molecular flexibility index (Phi) is 9.77. The van der Waals surface area contributed by atoms with Gasteiger partial charge in [-0.1, -0.05) is 12.1 Å². The Balaban J connectivity index is 0.00000200. The van der Waals surface area contributed by atoms with Gasteiger partial charge in [-0.05, 0) is 80.0 Å². The first-order chi connectivity index (χ1) is 17.0. The third kappa shape index (κ3) is 5.75. The van der Waals surface area contributed by atoms with Crippen molar-refractivity contribution in [2.75, 3.05) is 11.9 Å². The van der Waals surface area contributed by atoms with Crippen LogP contribution in [0, 0.1) is 7.43 Å². The standard InChI is InChI=1S/C27H30F4N4O.CH3.H3N.V.H2/c1-25(7-4-8-25)34-14-16-9-20-21(22(10-16)27(29,30)31)15-35(23(20)36)19-6-3-5-17(11-19)26(24(32)33-2)12-18(28)13-26;;;;/h3,5-6,9-11,18,34H,4,7-8,12-15H2,1-2H3,(H2,32,33);2*1H3;;1H/q;-1;;;. The molecule has 0 unspecified atom stereocenters. The molecule has 1 radical (unpaired) electrons. The van der Waals surface area contributed by atoms with Crippen molar-refractivity contribution in [2.45, 2.75) is 75.4 Å². The monoisotopic (exact) mass is 587 g/mol. The fraction of sp³-hybridized carbons (Fsp3) is 0.464. The van der Waals surface area contributed by atoms with Crippen molar-refractivity contribution < 1.29 is 42.3 Å². The van der Waals surface area contributed by atoms with E-state index in [4.69, 9.17) is 5.73 Å². The number of amides is 1. The van der Waals surface area contributed by atoms with Crippen LogP contribution in [-0.4, -0.2) is 30.5 Å². The largest absolute Gasteiger partial charge is 0.416 e. The van der Waals surface area contributed by atoms with E-state index in [9.17, 15) is 22.4 Å². The number of aliphatic imine (C=N–C) groups is 1. The molecule has 1 amide bonds. The molecule has 215 valence electrons. The number of fused-ring (bicyclic) bond motifs is 1. The van der Waals surface area contributed by atoms with Gasteiger partial charge in [0.05, 0.1) is 17.5 Å². The average molecular weight is 588 g/mol. The SMILES string of the molecule is CN=C(N)C1(c2cccc(N3Cc4c(cc(CNC5(C)CCC5)cc4C(F)(F)F)C3=O)c2)CC(F)C1.N.[CH3-].[HH].[V]. The first-order valence-electron chi connectivity index (χ1n) is 12.2. The summed E-state index contributed by atoms with van der Waals surface area (Å²) in [6.07, 6.45) is -2.18. The Morgan fingerprint density at radius 2 is 1.90 bits per heavy atom. The van der Waals surface area contributed by atoms with Gasteiger partial charge in [-0.25, -0.2) is 4.39 Å². The Labute approximate surface area is 240 Å². The molecule has 0 spiro atoms. The van der Waals surface area contributed by atoms with Crippen LogP contribution in [0.1, 0.15) is 73.1 Å². The van der Waals surface area contributed by atoms with Crippen LogP contribution in [0.3, 0.4) is 0 Å². The quantitative estimate of drug-likeness (QED) is 0.164. The number of halogens is 4. The first-order valence-corrected chi connectivity index (χ1v) is 12.2. The number of nitrogens with zero attached hydrogens (tertiary/aromatic N) is 2. The van der Waals surface area contributed by atoms with Crippen LogP contribution < -0.4 is 22.1 Å². The molecule has 0 aromatic heterocycles. The maximum atomic E-state index is 14.1. The zero-order valence-corrected chi connectivity index (χ0v) is 23.9. The van der Waals surface area contributed by atoms with Gasteiger partial charge >= 0.3 is 6.18 Å². The van der Waals surface area contributed by atoms with Crippen molar-refractivity contribution in [3.63, 3.8) is 0 Å². The molecule has 2 aromatic carbocycles. The summed E-state index contributed by atoms with van der Waals surface area (Å²) < 4.78 is 56.1. The van der Waals surface area contributed by atoms with E-state index in [1.807, 2.05) is 0 Å². The molecule has 2 aromatic rings. The maximum Gasteiger partial charge on any atom is 0.416 e. The van der Waals surface area contributed by atoms with E-state index in [-0.39, 0.29) is 76.2 Å². The number of benzene rings is 2. The number of rotatable bonds is 6. The van der Waals surface area contributed by atoms with Crippen LogP contribution in [0.5, 0.6) is 0 Å². The molecule has 2 fully saturated rings. The number of amidine groups is 1. The van der Waals surface area contributed by atoms with E-state index in [0.717, 1.165) is 25.3 Å². The van der Waals surface area contributed by atoms with Crippen molar-refractivity contribution in [1.29, 1.82) is 0 Å². The van der Waals surface area contributed by atoms with Gasteiger partial charge in [0.25, 0.3) is 5.91 Å². The van der Waals surface area contributed by atoms with Gasteiger partial charge in [-0.2, -0.15) is 13.2 Å². The van der Waals surface area contributed by atoms with Crippen LogP contribution >= 0.6 is 0 Å². The van der Waals surface area contributed by atoms with Crippen LogP contribution in [0.25, 0.3) is 0 Å². The van der Waals surface area contributed by atoms with Crippen LogP contribution in [0.15, 0.2) is 41.4 Å². The molecule has 6 nitrogen and oxygen atoms in total. The predicted molar refractivity (Wildman–Crippen MR) is 144 cm³/mol. The summed E-state index contributed by atoms with van der Waals surface area (Å²) in [4.78, 5) is 18.8. The van der Waals surface area contributed by atoms with Gasteiger partial charge in [-0.15, -0.1) is 0 Å². The fourth-order valence-corrected chi connectivity index (χ4v) is 5.71. The topological polar surface area (TPSA) is 106 Å². The number of alkyl halides is 4. The number of nitrogens with two attached hydrogens (primary N) is 1. The summed E-state index contributed by atoms with van der Waals surface area (Å²) in [5, 5.41) is 3.35. The third-order valence-corrected chi connectivity index (χ3v) is 8.16. The van der Waals surface area contributed by atoms with Gasteiger partial charge in [0, 0.05) is 50.4 Å². The molecule has 1 aliphatic heterocycles. The summed E-state index contributed by atoms with van der Waals surface area (Å²) in [5.41, 5.74) is 6.16. The van der Waals surface area contributed by atoms with Gasteiger partial charge in [0.15, 0.2) is 0 Å². The van der Waals surface area contributed by atoms with E-state index in [2.05, 4.69) is 17.2 Å². The van der Waals surface area contributed by atoms with Gasteiger partial charge < -0.3 is 29.5 Å². The molecule has 0 atom stereocenters. The van der Waals surface area contributed by atoms with E-state index in [1.165, 1.54) is 4.90 Å². The second-order valence-electron chi connectivity index (χ2n) is 10.6. The molecular formula is C28H38F4N5OV-. The van der Waals surface area contributed by atoms with Crippen molar-refractivity contribution in [2.24, 2.45) is 10.7 Å². The molecule has 2 aliphatic carbocycles. The van der Waals surface area contributed by atoms with Gasteiger partial charge in [0.2, 0.25) is 0 Å². The molecule has 0 saturated heterocycles. The first kappa shape index (κ1) is 32.8. The number of carbonyl (C=O) groups is 1. The second kappa shape index (κ2) is 11.6. The Hall–Kier alpha value is -2.40. The molecule has 5 rings (SSSR count). The predicted octanol–water partition coefficient (Wildman–Crippen LogP) is 6.11. The van der Waals surface area contributed by atoms with E-state index < -0.39 is 29.2 Å². The molecule has 2 saturated carbocycles. The fourth-order valence-electron chi connectivity index (χ4n) is 5.71. The number of hydrogen-bond donors (Lipinski definition) is 3. The minimum atomic E-state index is -4.59. The second-order valence-corrected chi connectivity index (χ2v) is 10.6. The number of nitrogens with one attached hydrogen (secondary N) is 1. The summed E-state index contributed by atoms with van der Waals surface area (Å²) in [7, 11) is 1.55. The van der Waals surface area contributed by atoms with Crippen molar-refractivity contribution in [1.82, 2.24) is 11.5 Å². The smallest absolute Gasteiger partial charge is 0.387 e. The number of carbonyl (C=O) groups excluding carboxylic acids is 1. The number of hydrogen-bond acceptors (Lipinski definition) is 4. The molecule has 0 bridgehead atoms. The van der Waals surface area contributed by atoms with E-state index in [1.54, 1.807) is 37.4 Å². The van der Waals surface area contributed by atoms with Crippen LogP contribution in [0.2, 0.25) is 0 Å². The molecule has 39 heavy (non-hydrogen) atoms. The van der Waals surface area contributed by atoms with Crippen LogP contribution in [0.4, 0.5) is 23.2 Å². The summed E-state index contributed by atoms with van der Waals surface area (Å²) in [5.74, 6) is -0.172. The maximum absolute atomic E-state index is 14.1. The van der Waals surface area contributed by atoms with Crippen molar-refractivity contribution in [3.05, 3.63) is 71.6 Å². The zero-order chi connectivity index (χ0) is 25.9. The molecule has 3 aliphatic rings. The third-order valence-electron chi connectivity index (χ3n) is 8.16. The summed E-state index contributed by atoms with van der Waals surface area (Å²) in [6, 6.07) is 9.66. The normalized spacial score (nSPS) is 23.4. The molecule has 1 heterocycles. The minimum absolute atomic E-state index is 0. The Morgan fingerprint density at radius 1 is 1.23 bits per heavy atom. The minimum Gasteiger partial charge on any atom is -0.387 e. The summed E-state index contributed by atoms with van der Waals surface area (Å²) in [6.45, 7) is 2.14. The molecule has 6 N–H and O–H groups in total. The molecule has 11 heteroatoms. The van der Waals surface area contributed by atoms with E-state index >= 15 is 0 Å². The summed E-state index contributed by atoms with van der Waals surface area (Å²) >= 11 is 0. The van der Waals surface area contributed by atoms with Crippen LogP contribution in [-0.2, 0) is 43.2 Å². The average Bonchev–Trinajstić information content (AvgIpc) is 3.14. The Bertz CT molecular complexity index is 1250. The Morgan fingerprint density at radius 3 is 2.44 bits per heavy atom. The van der Waals surface area contributed by atoms with E-state index in [0.29, 0.717) is 22.6 Å².